The number of unbranched alkanes of at least 4 members (excludes halogenated alkanes) is 1. The normalized spacial score (nSPS) is 21.5. The van der Waals surface area contributed by atoms with Crippen LogP contribution in [-0.2, 0) is 51.2 Å². The van der Waals surface area contributed by atoms with E-state index in [2.05, 4.69) is 36.9 Å². The first-order valence-corrected chi connectivity index (χ1v) is 26.3. The molecule has 2 heterocycles. The van der Waals surface area contributed by atoms with Crippen molar-refractivity contribution >= 4 is 85.4 Å². The molecule has 25 heteroatoms. The molecule has 1 aliphatic heterocycles. The maximum absolute atomic E-state index is 14.8. The minimum absolute atomic E-state index is 0.0697. The Hall–Kier alpha value is -7.22. The average Bonchev–Trinajstić information content (AvgIpc) is 3.79. The number of carbonyl (C=O) groups excluding carboxylic acids is 8. The van der Waals surface area contributed by atoms with E-state index in [-0.39, 0.29) is 54.3 Å². The van der Waals surface area contributed by atoms with Gasteiger partial charge in [-0.25, -0.2) is 0 Å². The summed E-state index contributed by atoms with van der Waals surface area (Å²) in [6.45, 7) is 5.02. The highest BCUT2D eigenvalue weighted by molar-refractivity contribution is 8.76. The number of amides is 8. The van der Waals surface area contributed by atoms with E-state index in [9.17, 15) is 53.6 Å². The van der Waals surface area contributed by atoms with Gasteiger partial charge in [-0.2, -0.15) is 0 Å². The van der Waals surface area contributed by atoms with Crippen molar-refractivity contribution in [1.29, 1.82) is 0 Å². The van der Waals surface area contributed by atoms with E-state index in [0.717, 1.165) is 49.5 Å². The number of nitrogens with one attached hydrogen (secondary N) is 7. The second-order valence-electron chi connectivity index (χ2n) is 18.2. The number of nitrogens with zero attached hydrogens (tertiary/aromatic N) is 2. The highest BCUT2D eigenvalue weighted by Gasteiger charge is 2.37. The molecule has 0 unspecified atom stereocenters. The minimum Gasteiger partial charge on any atom is -0.508 e. The zero-order chi connectivity index (χ0) is 54.2. The van der Waals surface area contributed by atoms with Gasteiger partial charge in [-0.1, -0.05) is 77.9 Å². The van der Waals surface area contributed by atoms with E-state index in [4.69, 9.17) is 17.2 Å². The fraction of sp³-hybridized carbons (Fsp3) is 0.429. The van der Waals surface area contributed by atoms with Crippen LogP contribution in [0, 0.1) is 16.0 Å². The lowest BCUT2D eigenvalue weighted by Crippen LogP contribution is -2.61. The predicted molar refractivity (Wildman–Crippen MR) is 280 cm³/mol. The summed E-state index contributed by atoms with van der Waals surface area (Å²) in [4.78, 5) is 128. The van der Waals surface area contributed by atoms with Crippen LogP contribution in [0.3, 0.4) is 0 Å². The Labute approximate surface area is 434 Å². The molecule has 14 N–H and O–H groups in total. The summed E-state index contributed by atoms with van der Waals surface area (Å²) in [7, 11) is 3.34. The Kier molecular flexibility index (Phi) is 21.2. The van der Waals surface area contributed by atoms with Gasteiger partial charge in [-0.15, -0.1) is 0 Å². The number of non-ortho nitro benzene ring substituents is 1. The quantitative estimate of drug-likeness (QED) is 0.0318. The second-order valence-corrected chi connectivity index (χ2v) is 20.7. The topological polar surface area (TPSA) is 369 Å². The Morgan fingerprint density at radius 3 is 2.04 bits per heavy atom. The first-order valence-electron chi connectivity index (χ1n) is 23.8. The number of aromatic nitrogens is 1. The van der Waals surface area contributed by atoms with Crippen LogP contribution < -0.4 is 49.1 Å². The zero-order valence-corrected chi connectivity index (χ0v) is 43.0. The van der Waals surface area contributed by atoms with Crippen LogP contribution in [0.1, 0.15) is 62.8 Å². The van der Waals surface area contributed by atoms with Gasteiger partial charge in [0.15, 0.2) is 0 Å². The molecule has 5 rings (SSSR count). The van der Waals surface area contributed by atoms with E-state index in [1.165, 1.54) is 50.4 Å². The molecule has 0 spiro atoms. The van der Waals surface area contributed by atoms with Crippen LogP contribution in [0.5, 0.6) is 5.75 Å². The van der Waals surface area contributed by atoms with Gasteiger partial charge in [0.05, 0.1) is 4.92 Å². The van der Waals surface area contributed by atoms with E-state index in [0.29, 0.717) is 24.0 Å². The molecule has 8 amide bonds. The number of H-pyrrole nitrogens is 1. The molecule has 1 saturated heterocycles. The second kappa shape index (κ2) is 27.2. The molecule has 0 saturated carbocycles. The molecule has 1 aliphatic rings. The van der Waals surface area contributed by atoms with Crippen molar-refractivity contribution in [3.8, 4) is 5.75 Å². The Bertz CT molecular complexity index is 2650. The van der Waals surface area contributed by atoms with Crippen molar-refractivity contribution < 1.29 is 48.4 Å². The van der Waals surface area contributed by atoms with Crippen LogP contribution in [0.2, 0.25) is 0 Å². The van der Waals surface area contributed by atoms with Gasteiger partial charge in [0.1, 0.15) is 54.1 Å². The summed E-state index contributed by atoms with van der Waals surface area (Å²) < 4.78 is 0. The van der Waals surface area contributed by atoms with Crippen LogP contribution in [-0.4, -0.2) is 135 Å². The molecule has 0 aliphatic carbocycles. The van der Waals surface area contributed by atoms with Crippen molar-refractivity contribution in [1.82, 2.24) is 41.8 Å². The third-order valence-corrected chi connectivity index (χ3v) is 14.9. The number of nitro benzene ring substituents is 1. The number of likely N-dealkylation sites (N-methyl/N-ethyl adjacent to an activating group) is 1. The molecule has 4 aromatic rings. The number of benzene rings is 3. The summed E-state index contributed by atoms with van der Waals surface area (Å²) in [5.74, 6) is -7.52. The van der Waals surface area contributed by atoms with Gasteiger partial charge in [0.2, 0.25) is 47.3 Å². The number of rotatable bonds is 16. The monoisotopic (exact) mass is 1060 g/mol. The number of primary amides is 1. The first-order chi connectivity index (χ1) is 35.2. The number of nitro groups is 1. The maximum Gasteiger partial charge on any atom is 0.269 e. The number of phenols is 1. The summed E-state index contributed by atoms with van der Waals surface area (Å²) in [6.07, 6.45) is 2.30. The molecule has 23 nitrogen and oxygen atoms in total. The standard InChI is InChI=1S/C49H64N12O11S2/c1-26(2)41-48(69)58-39(49(70)60(4)27(3)42(52)63)25-74-73-24-38(57-47(68)40(51)29-14-16-31(17-15-29)61(71)72)46(67)55-36(21-28-12-18-32(62)19-13-28)44(65)56-37(22-30-23-53-34-10-6-5-9-33(30)34)45(66)54-35(43(64)59-41)11-7-8-20-50/h5-6,9-10,12-19,23,26-27,35-41,53,62H,7-8,11,20-22,24-25,50-51H2,1-4H3,(H2,52,63)(H,54,66)(H,55,67)(H,56,65)(H,57,68)(H,58,69)(H,59,64)/t27-,35-,36-,37+,38+,39-,40-,41-/m0/s1. The number of nitrogens with two attached hydrogens (primary N) is 3. The lowest BCUT2D eigenvalue weighted by Gasteiger charge is -2.31. The van der Waals surface area contributed by atoms with Crippen molar-refractivity contribution in [3.05, 3.63) is 106 Å². The Balaban J connectivity index is 1.60. The highest BCUT2D eigenvalue weighted by atomic mass is 33.1. The molecule has 8 atom stereocenters. The third-order valence-electron chi connectivity index (χ3n) is 12.5. The fourth-order valence-electron chi connectivity index (χ4n) is 7.87. The van der Waals surface area contributed by atoms with E-state index < -0.39 is 106 Å². The molecule has 3 aromatic carbocycles. The summed E-state index contributed by atoms with van der Waals surface area (Å²) in [6, 6.07) is 7.30. The van der Waals surface area contributed by atoms with Crippen LogP contribution >= 0.6 is 21.6 Å². The van der Waals surface area contributed by atoms with Crippen LogP contribution in [0.15, 0.2) is 79.0 Å². The van der Waals surface area contributed by atoms with Gasteiger partial charge in [-0.05, 0) is 73.5 Å². The average molecular weight is 1060 g/mol. The number of hydrogen-bond donors (Lipinski definition) is 11. The lowest BCUT2D eigenvalue weighted by atomic mass is 10.00. The molecule has 1 fully saturated rings. The Morgan fingerprint density at radius 2 is 1.41 bits per heavy atom. The van der Waals surface area contributed by atoms with Crippen molar-refractivity contribution in [3.63, 3.8) is 0 Å². The van der Waals surface area contributed by atoms with Crippen LogP contribution in [0.4, 0.5) is 5.69 Å². The highest BCUT2D eigenvalue weighted by Crippen LogP contribution is 2.26. The third kappa shape index (κ3) is 15.9. The number of phenolic OH excluding ortho intramolecular Hbond substituents is 1. The number of aromatic amines is 1. The molecule has 398 valence electrons. The first kappa shape index (κ1) is 57.7. The number of hydrogen-bond acceptors (Lipinski definition) is 15. The zero-order valence-electron chi connectivity index (χ0n) is 41.3. The summed E-state index contributed by atoms with van der Waals surface area (Å²) >= 11 is 0. The number of aromatic hydroxyl groups is 1. The molecule has 0 bridgehead atoms. The lowest BCUT2D eigenvalue weighted by molar-refractivity contribution is -0.384. The van der Waals surface area contributed by atoms with Gasteiger partial charge >= 0.3 is 0 Å². The molecule has 74 heavy (non-hydrogen) atoms. The van der Waals surface area contributed by atoms with E-state index >= 15 is 0 Å². The SMILES string of the molecule is CC(C)[C@@H]1NC(=O)[C@H](CCCCN)NC(=O)[C@@H](Cc2c[nH]c3ccccc23)NC(=O)[C@H](Cc2ccc(O)cc2)NC(=O)[C@H](NC(=O)[C@@H](N)c2ccc([N+](=O)[O-])cc2)CSSC[C@@H](C(=O)N(C)[C@@H](C)C(N)=O)NC1=O. The Morgan fingerprint density at radius 1 is 0.797 bits per heavy atom. The smallest absolute Gasteiger partial charge is 0.269 e. The molecular formula is C49H64N12O11S2. The van der Waals surface area contributed by atoms with E-state index in [1.807, 2.05) is 18.2 Å². The largest absolute Gasteiger partial charge is 0.508 e. The van der Waals surface area contributed by atoms with Gasteiger partial charge in [0.25, 0.3) is 5.69 Å². The summed E-state index contributed by atoms with van der Waals surface area (Å²) in [5, 5.41) is 38.6. The number of carbonyl (C=O) groups is 8. The minimum atomic E-state index is -1.47. The molecular weight excluding hydrogens is 997 g/mol. The van der Waals surface area contributed by atoms with Gasteiger partial charge in [-0.3, -0.25) is 48.5 Å². The molecule has 0 radical (unpaired) electrons. The molecule has 1 aromatic heterocycles. The van der Waals surface area contributed by atoms with Crippen molar-refractivity contribution in [2.24, 2.45) is 23.1 Å². The van der Waals surface area contributed by atoms with Crippen molar-refractivity contribution in [2.45, 2.75) is 101 Å². The number of fused-ring (bicyclic) bond motifs is 1. The van der Waals surface area contributed by atoms with Crippen LogP contribution in [0.25, 0.3) is 10.9 Å². The summed E-state index contributed by atoms with van der Waals surface area (Å²) in [5.41, 5.74) is 19.4. The maximum atomic E-state index is 14.8. The van der Waals surface area contributed by atoms with E-state index in [1.54, 1.807) is 26.1 Å². The van der Waals surface area contributed by atoms with Crippen molar-refractivity contribution in [2.75, 3.05) is 25.1 Å². The van der Waals surface area contributed by atoms with Gasteiger partial charge < -0.3 is 64.1 Å². The fourth-order valence-corrected chi connectivity index (χ4v) is 10.2. The van der Waals surface area contributed by atoms with Gasteiger partial charge in [0, 0.05) is 60.6 Å². The number of para-hydroxylation sites is 1. The predicted octanol–water partition coefficient (Wildman–Crippen LogP) is 0.688.